The largest absolute Gasteiger partial charge is 0.497 e. The highest BCUT2D eigenvalue weighted by molar-refractivity contribution is 5.64. The molecule has 34 heavy (non-hydrogen) atoms. The molecule has 1 aromatic carbocycles. The summed E-state index contributed by atoms with van der Waals surface area (Å²) in [5.74, 6) is 2.73. The Hall–Kier alpha value is -3.13. The Morgan fingerprint density at radius 2 is 1.82 bits per heavy atom. The van der Waals surface area contributed by atoms with E-state index in [2.05, 4.69) is 10.4 Å². The molecule has 2 heterocycles. The summed E-state index contributed by atoms with van der Waals surface area (Å²) in [6.07, 6.45) is 9.62. The SMILES string of the molecule is COc1ccc(COc2cc(-c3cnn(C)c3CC3CC3)nc(NC3CCC(N)CC3)n2)cc1. The van der Waals surface area contributed by atoms with Gasteiger partial charge in [-0.3, -0.25) is 4.68 Å². The molecule has 0 unspecified atom stereocenters. The van der Waals surface area contributed by atoms with E-state index in [4.69, 9.17) is 25.2 Å². The van der Waals surface area contributed by atoms with Crippen molar-refractivity contribution >= 4 is 5.95 Å². The van der Waals surface area contributed by atoms with Gasteiger partial charge in [0, 0.05) is 36.5 Å². The highest BCUT2D eigenvalue weighted by Gasteiger charge is 2.26. The number of methoxy groups -OCH3 is 1. The standard InChI is InChI=1S/C26H34N6O2/c1-32-24(13-17-3-4-17)22(15-28-32)23-14-25(34-16-18-5-11-21(33-2)12-6-18)31-26(30-23)29-20-9-7-19(27)8-10-20/h5-6,11-12,14-15,17,19-20H,3-4,7-10,13,16,27H2,1-2H3,(H,29,30,31). The first-order valence-corrected chi connectivity index (χ1v) is 12.3. The number of aryl methyl sites for hydroxylation is 1. The van der Waals surface area contributed by atoms with E-state index in [0.717, 1.165) is 60.6 Å². The van der Waals surface area contributed by atoms with E-state index in [9.17, 15) is 0 Å². The molecule has 0 bridgehead atoms. The van der Waals surface area contributed by atoms with Crippen molar-refractivity contribution in [1.82, 2.24) is 19.7 Å². The fourth-order valence-corrected chi connectivity index (χ4v) is 4.54. The van der Waals surface area contributed by atoms with Crippen molar-refractivity contribution in [2.75, 3.05) is 12.4 Å². The summed E-state index contributed by atoms with van der Waals surface area (Å²) < 4.78 is 13.4. The maximum absolute atomic E-state index is 6.14. The topological polar surface area (TPSA) is 100 Å². The number of nitrogens with zero attached hydrogens (tertiary/aromatic N) is 4. The molecule has 0 atom stereocenters. The average Bonchev–Trinajstić information content (AvgIpc) is 3.60. The molecule has 5 rings (SSSR count). The van der Waals surface area contributed by atoms with Gasteiger partial charge in [0.15, 0.2) is 0 Å². The molecule has 0 aliphatic heterocycles. The van der Waals surface area contributed by atoms with Crippen LogP contribution >= 0.6 is 0 Å². The van der Waals surface area contributed by atoms with Gasteiger partial charge in [-0.15, -0.1) is 0 Å². The molecular formula is C26H34N6O2. The lowest BCUT2D eigenvalue weighted by atomic mass is 9.92. The molecule has 3 aromatic rings. The molecule has 8 nitrogen and oxygen atoms in total. The van der Waals surface area contributed by atoms with Crippen molar-refractivity contribution in [2.45, 2.75) is 63.6 Å². The highest BCUT2D eigenvalue weighted by Crippen LogP contribution is 2.36. The first-order valence-electron chi connectivity index (χ1n) is 12.3. The van der Waals surface area contributed by atoms with Crippen molar-refractivity contribution in [3.05, 3.63) is 47.8 Å². The number of aromatic nitrogens is 4. The molecule has 0 amide bonds. The zero-order chi connectivity index (χ0) is 23.5. The van der Waals surface area contributed by atoms with Gasteiger partial charge in [0.1, 0.15) is 12.4 Å². The second-order valence-corrected chi connectivity index (χ2v) is 9.58. The second kappa shape index (κ2) is 10.0. The number of anilines is 1. The number of nitrogens with two attached hydrogens (primary N) is 1. The second-order valence-electron chi connectivity index (χ2n) is 9.58. The van der Waals surface area contributed by atoms with Crippen LogP contribution in [0.4, 0.5) is 5.95 Å². The smallest absolute Gasteiger partial charge is 0.226 e. The number of nitrogens with one attached hydrogen (secondary N) is 1. The van der Waals surface area contributed by atoms with Gasteiger partial charge in [-0.2, -0.15) is 10.1 Å². The summed E-state index contributed by atoms with van der Waals surface area (Å²) >= 11 is 0. The first-order chi connectivity index (χ1) is 16.6. The normalized spacial score (nSPS) is 20.2. The Bertz CT molecular complexity index is 1100. The third kappa shape index (κ3) is 5.50. The van der Waals surface area contributed by atoms with Crippen LogP contribution in [-0.2, 0) is 20.1 Å². The van der Waals surface area contributed by atoms with Crippen LogP contribution in [0, 0.1) is 5.92 Å². The van der Waals surface area contributed by atoms with E-state index < -0.39 is 0 Å². The molecule has 8 heteroatoms. The van der Waals surface area contributed by atoms with Crippen LogP contribution in [0.2, 0.25) is 0 Å². The van der Waals surface area contributed by atoms with Gasteiger partial charge >= 0.3 is 0 Å². The van der Waals surface area contributed by atoms with Crippen LogP contribution < -0.4 is 20.5 Å². The van der Waals surface area contributed by atoms with Gasteiger partial charge in [-0.1, -0.05) is 12.1 Å². The Balaban J connectivity index is 1.40. The predicted molar refractivity (Wildman–Crippen MR) is 132 cm³/mol. The Kier molecular flexibility index (Phi) is 6.67. The fraction of sp³-hybridized carbons (Fsp3) is 0.500. The van der Waals surface area contributed by atoms with Crippen molar-refractivity contribution < 1.29 is 9.47 Å². The quantitative estimate of drug-likeness (QED) is 0.494. The monoisotopic (exact) mass is 462 g/mol. The molecule has 2 saturated carbocycles. The highest BCUT2D eigenvalue weighted by atomic mass is 16.5. The summed E-state index contributed by atoms with van der Waals surface area (Å²) in [7, 11) is 3.67. The lowest BCUT2D eigenvalue weighted by Gasteiger charge is -2.27. The van der Waals surface area contributed by atoms with Gasteiger partial charge in [0.2, 0.25) is 11.8 Å². The lowest BCUT2D eigenvalue weighted by molar-refractivity contribution is 0.293. The molecular weight excluding hydrogens is 428 g/mol. The van der Waals surface area contributed by atoms with E-state index >= 15 is 0 Å². The minimum Gasteiger partial charge on any atom is -0.497 e. The zero-order valence-corrected chi connectivity index (χ0v) is 20.0. The number of hydrogen-bond donors (Lipinski definition) is 2. The van der Waals surface area contributed by atoms with Crippen LogP contribution in [0.15, 0.2) is 36.5 Å². The van der Waals surface area contributed by atoms with Crippen molar-refractivity contribution in [3.63, 3.8) is 0 Å². The Morgan fingerprint density at radius 3 is 2.53 bits per heavy atom. The van der Waals surface area contributed by atoms with E-state index in [-0.39, 0.29) is 0 Å². The summed E-state index contributed by atoms with van der Waals surface area (Å²) in [5.41, 5.74) is 10.3. The minimum atomic E-state index is 0.300. The molecule has 0 saturated heterocycles. The Labute approximate surface area is 200 Å². The van der Waals surface area contributed by atoms with E-state index in [1.807, 2.05) is 48.3 Å². The summed E-state index contributed by atoms with van der Waals surface area (Å²) in [4.78, 5) is 9.60. The van der Waals surface area contributed by atoms with Crippen LogP contribution in [-0.4, -0.2) is 38.9 Å². The molecule has 0 radical (unpaired) electrons. The first kappa shape index (κ1) is 22.7. The van der Waals surface area contributed by atoms with Gasteiger partial charge in [-0.25, -0.2) is 4.98 Å². The van der Waals surface area contributed by atoms with Gasteiger partial charge in [0.25, 0.3) is 0 Å². The molecule has 2 fully saturated rings. The third-order valence-electron chi connectivity index (χ3n) is 6.87. The van der Waals surface area contributed by atoms with Crippen LogP contribution in [0.25, 0.3) is 11.3 Å². The average molecular weight is 463 g/mol. The summed E-state index contributed by atoms with van der Waals surface area (Å²) in [6, 6.07) is 10.4. The fourth-order valence-electron chi connectivity index (χ4n) is 4.54. The number of ether oxygens (including phenoxy) is 2. The zero-order valence-electron chi connectivity index (χ0n) is 20.0. The van der Waals surface area contributed by atoms with E-state index in [1.165, 1.54) is 18.5 Å². The molecule has 0 spiro atoms. The van der Waals surface area contributed by atoms with Crippen molar-refractivity contribution in [3.8, 4) is 22.9 Å². The maximum Gasteiger partial charge on any atom is 0.226 e. The van der Waals surface area contributed by atoms with Crippen LogP contribution in [0.1, 0.15) is 49.8 Å². The van der Waals surface area contributed by atoms with Crippen molar-refractivity contribution in [2.24, 2.45) is 18.7 Å². The third-order valence-corrected chi connectivity index (χ3v) is 6.87. The number of rotatable bonds is 9. The van der Waals surface area contributed by atoms with Crippen LogP contribution in [0.3, 0.4) is 0 Å². The summed E-state index contributed by atoms with van der Waals surface area (Å²) in [6.45, 7) is 0.417. The maximum atomic E-state index is 6.14. The van der Waals surface area contributed by atoms with E-state index in [0.29, 0.717) is 30.5 Å². The number of hydrogen-bond acceptors (Lipinski definition) is 7. The number of benzene rings is 1. The van der Waals surface area contributed by atoms with Crippen LogP contribution in [0.5, 0.6) is 11.6 Å². The minimum absolute atomic E-state index is 0.300. The molecule has 2 aliphatic rings. The van der Waals surface area contributed by atoms with Gasteiger partial charge < -0.3 is 20.5 Å². The Morgan fingerprint density at radius 1 is 1.06 bits per heavy atom. The predicted octanol–water partition coefficient (Wildman–Crippen LogP) is 4.10. The van der Waals surface area contributed by atoms with E-state index in [1.54, 1.807) is 7.11 Å². The van der Waals surface area contributed by atoms with Gasteiger partial charge in [0.05, 0.1) is 19.0 Å². The summed E-state index contributed by atoms with van der Waals surface area (Å²) in [5, 5.41) is 8.08. The van der Waals surface area contributed by atoms with Crippen molar-refractivity contribution in [1.29, 1.82) is 0 Å². The van der Waals surface area contributed by atoms with Gasteiger partial charge in [-0.05, 0) is 68.6 Å². The molecule has 2 aliphatic carbocycles. The molecule has 180 valence electrons. The molecule has 2 aromatic heterocycles. The lowest BCUT2D eigenvalue weighted by Crippen LogP contribution is -2.33. The molecule has 3 N–H and O–H groups in total.